The van der Waals surface area contributed by atoms with Crippen LogP contribution in [0, 0.1) is 6.92 Å². The average molecular weight is 409 g/mol. The smallest absolute Gasteiger partial charge is 0.222 e. The van der Waals surface area contributed by atoms with Gasteiger partial charge < -0.3 is 30.3 Å². The number of rotatable bonds is 6. The van der Waals surface area contributed by atoms with Crippen LogP contribution in [0.2, 0.25) is 5.02 Å². The molecule has 1 aliphatic rings. The van der Waals surface area contributed by atoms with Gasteiger partial charge in [-0.1, -0.05) is 17.7 Å². The zero-order chi connectivity index (χ0) is 20.1. The molecule has 2 atom stereocenters. The van der Waals surface area contributed by atoms with Crippen molar-refractivity contribution in [1.29, 1.82) is 0 Å². The molecule has 0 unspecified atom stereocenters. The molecule has 9 heteroatoms. The highest BCUT2D eigenvalue weighted by atomic mass is 35.5. The summed E-state index contributed by atoms with van der Waals surface area (Å²) in [7, 11) is 0. The molecule has 1 aromatic heterocycles. The van der Waals surface area contributed by atoms with Crippen molar-refractivity contribution in [3.8, 4) is 5.75 Å². The molecule has 0 spiro atoms. The summed E-state index contributed by atoms with van der Waals surface area (Å²) in [4.78, 5) is 10.7. The summed E-state index contributed by atoms with van der Waals surface area (Å²) in [6.45, 7) is 3.38. The molecule has 2 heterocycles. The Morgan fingerprint density at radius 1 is 1.39 bits per heavy atom. The third-order valence-electron chi connectivity index (χ3n) is 4.48. The first-order chi connectivity index (χ1) is 13.5. The number of aliphatic hydroxyl groups is 2. The highest BCUT2D eigenvalue weighted by molar-refractivity contribution is 6.31. The van der Waals surface area contributed by atoms with E-state index in [2.05, 4.69) is 14.9 Å². The summed E-state index contributed by atoms with van der Waals surface area (Å²) >= 11 is 6.55. The quantitative estimate of drug-likeness (QED) is 0.662. The molecule has 2 aromatic rings. The van der Waals surface area contributed by atoms with Crippen molar-refractivity contribution in [2.75, 3.05) is 43.6 Å². The lowest BCUT2D eigenvalue weighted by Crippen LogP contribution is -2.32. The van der Waals surface area contributed by atoms with Gasteiger partial charge in [0.2, 0.25) is 5.95 Å². The Kier molecular flexibility index (Phi) is 6.90. The van der Waals surface area contributed by atoms with Crippen LogP contribution in [0.4, 0.5) is 11.8 Å². The van der Waals surface area contributed by atoms with Crippen LogP contribution in [-0.2, 0) is 4.74 Å². The lowest BCUT2D eigenvalue weighted by Gasteiger charge is -2.31. The van der Waals surface area contributed by atoms with Crippen molar-refractivity contribution < 1.29 is 19.7 Å². The molecular weight excluding hydrogens is 384 g/mol. The van der Waals surface area contributed by atoms with E-state index in [1.165, 1.54) is 0 Å². The molecule has 0 aliphatic carbocycles. The average Bonchev–Trinajstić information content (AvgIpc) is 2.91. The van der Waals surface area contributed by atoms with E-state index in [9.17, 15) is 5.11 Å². The highest BCUT2D eigenvalue weighted by Crippen LogP contribution is 2.34. The van der Waals surface area contributed by atoms with Gasteiger partial charge in [0.05, 0.1) is 19.3 Å². The van der Waals surface area contributed by atoms with Gasteiger partial charge in [-0.3, -0.25) is 0 Å². The lowest BCUT2D eigenvalue weighted by atomic mass is 10.1. The first-order valence-corrected chi connectivity index (χ1v) is 9.52. The summed E-state index contributed by atoms with van der Waals surface area (Å²) < 4.78 is 11.3. The molecule has 0 bridgehead atoms. The van der Waals surface area contributed by atoms with Gasteiger partial charge in [-0.05, 0) is 31.0 Å². The van der Waals surface area contributed by atoms with Crippen molar-refractivity contribution >= 4 is 23.4 Å². The van der Waals surface area contributed by atoms with Crippen LogP contribution >= 0.6 is 11.6 Å². The summed E-state index contributed by atoms with van der Waals surface area (Å²) in [5, 5.41) is 18.8. The Labute approximate surface area is 168 Å². The number of nitrogens with zero attached hydrogens (tertiary/aromatic N) is 3. The summed E-state index contributed by atoms with van der Waals surface area (Å²) in [6.07, 6.45) is -0.0761. The molecule has 1 aromatic carbocycles. The Balaban J connectivity index is 1.87. The Morgan fingerprint density at radius 3 is 2.93 bits per heavy atom. The number of nitrogens with two attached hydrogens (primary N) is 1. The van der Waals surface area contributed by atoms with E-state index in [-0.39, 0.29) is 25.2 Å². The van der Waals surface area contributed by atoms with E-state index in [4.69, 9.17) is 31.9 Å². The molecule has 1 fully saturated rings. The number of hydrogen-bond acceptors (Lipinski definition) is 8. The van der Waals surface area contributed by atoms with E-state index in [1.54, 1.807) is 12.1 Å². The maximum Gasteiger partial charge on any atom is 0.222 e. The van der Waals surface area contributed by atoms with Crippen molar-refractivity contribution in [3.05, 3.63) is 40.5 Å². The molecule has 4 N–H and O–H groups in total. The van der Waals surface area contributed by atoms with Gasteiger partial charge in [-0.2, -0.15) is 4.98 Å². The number of aliphatic hydroxyl groups excluding tert-OH is 2. The minimum atomic E-state index is -0.935. The number of anilines is 2. The van der Waals surface area contributed by atoms with Gasteiger partial charge >= 0.3 is 0 Å². The summed E-state index contributed by atoms with van der Waals surface area (Å²) in [5.41, 5.74) is 7.53. The number of nitrogen functional groups attached to an aromatic ring is 1. The van der Waals surface area contributed by atoms with Crippen LogP contribution in [0.5, 0.6) is 5.75 Å². The number of aryl methyl sites for hydroxylation is 1. The van der Waals surface area contributed by atoms with Crippen molar-refractivity contribution in [3.63, 3.8) is 0 Å². The molecule has 8 nitrogen and oxygen atoms in total. The molecule has 28 heavy (non-hydrogen) atoms. The molecule has 0 saturated carbocycles. The number of halogens is 1. The second-order valence-corrected chi connectivity index (χ2v) is 7.10. The zero-order valence-corrected chi connectivity index (χ0v) is 16.5. The monoisotopic (exact) mass is 408 g/mol. The predicted molar refractivity (Wildman–Crippen MR) is 107 cm³/mol. The van der Waals surface area contributed by atoms with Crippen molar-refractivity contribution in [2.45, 2.75) is 25.5 Å². The Morgan fingerprint density at radius 2 is 2.21 bits per heavy atom. The van der Waals surface area contributed by atoms with Crippen LogP contribution in [0.1, 0.15) is 23.7 Å². The molecular formula is C19H25ClN4O4. The lowest BCUT2D eigenvalue weighted by molar-refractivity contribution is 0.0536. The van der Waals surface area contributed by atoms with Gasteiger partial charge in [0.25, 0.3) is 0 Å². The van der Waals surface area contributed by atoms with E-state index in [0.29, 0.717) is 24.0 Å². The van der Waals surface area contributed by atoms with Crippen LogP contribution in [0.15, 0.2) is 24.3 Å². The van der Waals surface area contributed by atoms with Gasteiger partial charge in [0, 0.05) is 29.9 Å². The third-order valence-corrected chi connectivity index (χ3v) is 4.80. The second kappa shape index (κ2) is 9.38. The second-order valence-electron chi connectivity index (χ2n) is 6.69. The van der Waals surface area contributed by atoms with E-state index >= 15 is 0 Å². The van der Waals surface area contributed by atoms with E-state index < -0.39 is 6.10 Å². The normalized spacial score (nSPS) is 18.6. The summed E-state index contributed by atoms with van der Waals surface area (Å²) in [6, 6.07) is 7.13. The number of ether oxygens (including phenoxy) is 2. The standard InChI is InChI=1S/C19H25ClN4O4/c1-12-7-18(23-19(21)22-12)24-5-2-6-27-11-17(24)15-4-3-14(8-16(15)20)28-10-13(26)9-25/h3-4,7-8,13,17,25-26H,2,5-6,9-11H2,1H3,(H2,21,22,23)/t13-,17-/m0/s1. The van der Waals surface area contributed by atoms with Gasteiger partial charge in [-0.25, -0.2) is 4.98 Å². The Hall–Kier alpha value is -2.13. The minimum absolute atomic E-state index is 0.00959. The molecule has 152 valence electrons. The van der Waals surface area contributed by atoms with E-state index in [1.807, 2.05) is 19.1 Å². The van der Waals surface area contributed by atoms with Crippen LogP contribution in [0.25, 0.3) is 0 Å². The van der Waals surface area contributed by atoms with Gasteiger partial charge in [0.15, 0.2) is 0 Å². The SMILES string of the molecule is Cc1cc(N2CCCOC[C@H]2c2ccc(OC[C@@H](O)CO)cc2Cl)nc(N)n1. The molecule has 0 amide bonds. The summed E-state index contributed by atoms with van der Waals surface area (Å²) in [5.74, 6) is 1.49. The first kappa shape index (κ1) is 20.6. The third kappa shape index (κ3) is 5.02. The maximum atomic E-state index is 9.43. The van der Waals surface area contributed by atoms with E-state index in [0.717, 1.165) is 30.0 Å². The number of hydrogen-bond donors (Lipinski definition) is 3. The zero-order valence-electron chi connectivity index (χ0n) is 15.7. The fourth-order valence-electron chi connectivity index (χ4n) is 3.14. The van der Waals surface area contributed by atoms with Crippen LogP contribution in [0.3, 0.4) is 0 Å². The van der Waals surface area contributed by atoms with Crippen LogP contribution < -0.4 is 15.4 Å². The maximum absolute atomic E-state index is 9.43. The number of aromatic nitrogens is 2. The first-order valence-electron chi connectivity index (χ1n) is 9.14. The van der Waals surface area contributed by atoms with Gasteiger partial charge in [0.1, 0.15) is 24.3 Å². The predicted octanol–water partition coefficient (Wildman–Crippen LogP) is 1.72. The molecule has 3 rings (SSSR count). The van der Waals surface area contributed by atoms with Crippen molar-refractivity contribution in [2.24, 2.45) is 0 Å². The highest BCUT2D eigenvalue weighted by Gasteiger charge is 2.27. The van der Waals surface area contributed by atoms with Crippen LogP contribution in [-0.4, -0.2) is 59.3 Å². The fourth-order valence-corrected chi connectivity index (χ4v) is 3.44. The Bertz CT molecular complexity index is 787. The fraction of sp³-hybridized carbons (Fsp3) is 0.474. The van der Waals surface area contributed by atoms with Crippen molar-refractivity contribution in [1.82, 2.24) is 9.97 Å². The molecule has 0 radical (unpaired) electrons. The minimum Gasteiger partial charge on any atom is -0.491 e. The largest absolute Gasteiger partial charge is 0.491 e. The topological polar surface area (TPSA) is 114 Å². The molecule has 1 aliphatic heterocycles. The van der Waals surface area contributed by atoms with Gasteiger partial charge in [-0.15, -0.1) is 0 Å². The molecule has 1 saturated heterocycles. The number of benzene rings is 1.